The lowest BCUT2D eigenvalue weighted by Crippen LogP contribution is -2.32. The molecule has 6 nitrogen and oxygen atoms in total. The first kappa shape index (κ1) is 13.6. The van der Waals surface area contributed by atoms with Crippen LogP contribution in [0.1, 0.15) is 19.3 Å². The zero-order chi connectivity index (χ0) is 11.7. The molecule has 0 radical (unpaired) electrons. The fraction of sp³-hybridized carbons (Fsp3) is 0.556. The van der Waals surface area contributed by atoms with E-state index < -0.39 is 18.0 Å². The van der Waals surface area contributed by atoms with Crippen LogP contribution in [0.25, 0.3) is 0 Å². The monoisotopic (exact) mass is 216 g/mol. The smallest absolute Gasteiger partial charge is 0.330 e. The summed E-state index contributed by atoms with van der Waals surface area (Å²) in [6.07, 6.45) is 2.84. The summed E-state index contributed by atoms with van der Waals surface area (Å²) in [7, 11) is 0. The maximum Gasteiger partial charge on any atom is 0.378 e. The van der Waals surface area contributed by atoms with Crippen molar-refractivity contribution < 1.29 is 19.4 Å². The number of unbranched alkanes of at least 4 members (excludes halogenated alkanes) is 1. The number of carbonyl (C=O) groups is 2. The van der Waals surface area contributed by atoms with Crippen LogP contribution in [0.4, 0.5) is 0 Å². The summed E-state index contributed by atoms with van der Waals surface area (Å²) in [5.74, 6) is -1.61. The Hall–Kier alpha value is -1.40. The first-order valence-corrected chi connectivity index (χ1v) is 4.62. The lowest BCUT2D eigenvalue weighted by Gasteiger charge is -2.08. The van der Waals surface area contributed by atoms with Gasteiger partial charge in [-0.2, -0.15) is 0 Å². The van der Waals surface area contributed by atoms with Gasteiger partial charge in [-0.3, -0.25) is 0 Å². The van der Waals surface area contributed by atoms with Crippen molar-refractivity contribution in [2.45, 2.75) is 25.3 Å². The standard InChI is InChI=1S/C9H16N2O4/c1-2-8(12)14-15-9(13)7(11)5-3-4-6-10/h2,7H,1,3-6,10-11H2. The molecule has 0 aromatic rings. The van der Waals surface area contributed by atoms with Crippen LogP contribution in [-0.2, 0) is 19.4 Å². The van der Waals surface area contributed by atoms with Crippen molar-refractivity contribution in [2.75, 3.05) is 6.54 Å². The van der Waals surface area contributed by atoms with Crippen molar-refractivity contribution in [3.8, 4) is 0 Å². The zero-order valence-corrected chi connectivity index (χ0v) is 8.48. The summed E-state index contributed by atoms with van der Waals surface area (Å²) in [6.45, 7) is 3.68. The van der Waals surface area contributed by atoms with Crippen LogP contribution >= 0.6 is 0 Å². The number of nitrogens with two attached hydrogens (primary N) is 2. The molecule has 0 saturated heterocycles. The van der Waals surface area contributed by atoms with Gasteiger partial charge >= 0.3 is 11.9 Å². The van der Waals surface area contributed by atoms with Crippen molar-refractivity contribution in [3.05, 3.63) is 12.7 Å². The van der Waals surface area contributed by atoms with Crippen LogP contribution < -0.4 is 11.5 Å². The Morgan fingerprint density at radius 2 is 2.00 bits per heavy atom. The molecule has 0 fully saturated rings. The van der Waals surface area contributed by atoms with Crippen molar-refractivity contribution in [1.29, 1.82) is 0 Å². The highest BCUT2D eigenvalue weighted by Gasteiger charge is 2.16. The molecule has 1 unspecified atom stereocenters. The Balaban J connectivity index is 3.69. The van der Waals surface area contributed by atoms with Crippen LogP contribution in [0.2, 0.25) is 0 Å². The Labute approximate surface area is 88.1 Å². The molecule has 15 heavy (non-hydrogen) atoms. The molecule has 4 N–H and O–H groups in total. The first-order valence-electron chi connectivity index (χ1n) is 4.62. The molecule has 1 atom stereocenters. The van der Waals surface area contributed by atoms with E-state index >= 15 is 0 Å². The van der Waals surface area contributed by atoms with Gasteiger partial charge < -0.3 is 11.5 Å². The van der Waals surface area contributed by atoms with Gasteiger partial charge in [-0.1, -0.05) is 13.0 Å². The van der Waals surface area contributed by atoms with Crippen molar-refractivity contribution in [2.24, 2.45) is 11.5 Å². The summed E-state index contributed by atoms with van der Waals surface area (Å²) < 4.78 is 0. The van der Waals surface area contributed by atoms with Crippen molar-refractivity contribution in [1.82, 2.24) is 0 Å². The van der Waals surface area contributed by atoms with E-state index in [9.17, 15) is 9.59 Å². The topological polar surface area (TPSA) is 105 Å². The fourth-order valence-corrected chi connectivity index (χ4v) is 0.804. The zero-order valence-electron chi connectivity index (χ0n) is 8.48. The molecule has 86 valence electrons. The molecule has 0 bridgehead atoms. The van der Waals surface area contributed by atoms with Gasteiger partial charge in [0.25, 0.3) is 0 Å². The normalized spacial score (nSPS) is 11.6. The average Bonchev–Trinajstić information content (AvgIpc) is 2.25. The van der Waals surface area contributed by atoms with Gasteiger partial charge in [-0.05, 0) is 19.4 Å². The number of hydrogen-bond donors (Lipinski definition) is 2. The molecule has 6 heteroatoms. The lowest BCUT2D eigenvalue weighted by atomic mass is 10.1. The second-order valence-electron chi connectivity index (χ2n) is 2.90. The predicted octanol–water partition coefficient (Wildman–Crippen LogP) is -0.370. The molecule has 0 heterocycles. The summed E-state index contributed by atoms with van der Waals surface area (Å²) in [6, 6.07) is -0.797. The average molecular weight is 216 g/mol. The van der Waals surface area contributed by atoms with E-state index in [4.69, 9.17) is 11.5 Å². The van der Waals surface area contributed by atoms with E-state index in [0.29, 0.717) is 13.0 Å². The van der Waals surface area contributed by atoms with Gasteiger partial charge in [-0.25, -0.2) is 19.4 Å². The molecule has 0 amide bonds. The van der Waals surface area contributed by atoms with Crippen LogP contribution in [0, 0.1) is 0 Å². The summed E-state index contributed by atoms with van der Waals surface area (Å²) >= 11 is 0. The molecule has 0 aromatic heterocycles. The van der Waals surface area contributed by atoms with Crippen molar-refractivity contribution >= 4 is 11.9 Å². The quantitative estimate of drug-likeness (QED) is 0.271. The Morgan fingerprint density at radius 1 is 1.33 bits per heavy atom. The van der Waals surface area contributed by atoms with Gasteiger partial charge in [0.15, 0.2) is 0 Å². The molecule has 0 saturated carbocycles. The molecule has 0 aliphatic carbocycles. The van der Waals surface area contributed by atoms with Gasteiger partial charge in [0, 0.05) is 6.08 Å². The lowest BCUT2D eigenvalue weighted by molar-refractivity contribution is -0.256. The SMILES string of the molecule is C=CC(=O)OOC(=O)C(N)CCCCN. The second kappa shape index (κ2) is 7.95. The van der Waals surface area contributed by atoms with Crippen LogP contribution in [0.5, 0.6) is 0 Å². The molecular formula is C9H16N2O4. The predicted molar refractivity (Wildman–Crippen MR) is 53.3 cm³/mol. The molecule has 0 spiro atoms. The number of carbonyl (C=O) groups excluding carboxylic acids is 2. The van der Waals surface area contributed by atoms with Gasteiger partial charge in [0.2, 0.25) is 0 Å². The largest absolute Gasteiger partial charge is 0.378 e. The highest BCUT2D eigenvalue weighted by Crippen LogP contribution is 2.00. The van der Waals surface area contributed by atoms with Gasteiger partial charge in [0.1, 0.15) is 6.04 Å². The third kappa shape index (κ3) is 6.64. The molecule has 0 rings (SSSR count). The first-order chi connectivity index (χ1) is 7.11. The number of hydrogen-bond acceptors (Lipinski definition) is 6. The minimum absolute atomic E-state index is 0.446. The minimum atomic E-state index is -0.836. The molecule has 0 aliphatic rings. The maximum absolute atomic E-state index is 11.1. The van der Waals surface area contributed by atoms with E-state index in [-0.39, 0.29) is 0 Å². The van der Waals surface area contributed by atoms with E-state index in [1.165, 1.54) is 0 Å². The van der Waals surface area contributed by atoms with Gasteiger partial charge in [-0.15, -0.1) is 0 Å². The summed E-state index contributed by atoms with van der Waals surface area (Å²) in [4.78, 5) is 29.8. The Morgan fingerprint density at radius 3 is 2.53 bits per heavy atom. The van der Waals surface area contributed by atoms with Crippen molar-refractivity contribution in [3.63, 3.8) is 0 Å². The highest BCUT2D eigenvalue weighted by atomic mass is 17.2. The fourth-order valence-electron chi connectivity index (χ4n) is 0.804. The Kier molecular flexibility index (Phi) is 7.21. The second-order valence-corrected chi connectivity index (χ2v) is 2.90. The Bertz CT molecular complexity index is 230. The summed E-state index contributed by atoms with van der Waals surface area (Å²) in [5.41, 5.74) is 10.7. The molecular weight excluding hydrogens is 200 g/mol. The number of rotatable bonds is 6. The van der Waals surface area contributed by atoms with E-state index in [1.54, 1.807) is 0 Å². The van der Waals surface area contributed by atoms with Crippen LogP contribution in [0.3, 0.4) is 0 Å². The van der Waals surface area contributed by atoms with E-state index in [2.05, 4.69) is 16.4 Å². The van der Waals surface area contributed by atoms with Crippen LogP contribution in [0.15, 0.2) is 12.7 Å². The third-order valence-electron chi connectivity index (χ3n) is 1.64. The summed E-state index contributed by atoms with van der Waals surface area (Å²) in [5, 5.41) is 0. The third-order valence-corrected chi connectivity index (χ3v) is 1.64. The minimum Gasteiger partial charge on any atom is -0.330 e. The molecule has 0 aromatic carbocycles. The molecule has 0 aliphatic heterocycles. The highest BCUT2D eigenvalue weighted by molar-refractivity contribution is 5.82. The van der Waals surface area contributed by atoms with Crippen LogP contribution in [-0.4, -0.2) is 24.5 Å². The van der Waals surface area contributed by atoms with E-state index in [1.807, 2.05) is 0 Å². The van der Waals surface area contributed by atoms with Gasteiger partial charge in [0.05, 0.1) is 0 Å². The van der Waals surface area contributed by atoms with E-state index in [0.717, 1.165) is 18.9 Å². The maximum atomic E-state index is 11.1.